The molecule has 5 nitrogen and oxygen atoms in total. The SMILES string of the molecule is CC(=O)O[C@H]1CCC2C3C(CC[C@@]21C)c1ccc(O)cc1C[C@H]3CCCCCCCCCSC(=N)N. The van der Waals surface area contributed by atoms with Gasteiger partial charge in [-0.1, -0.05) is 63.3 Å². The molecular formula is C30H46N2O3S. The fourth-order valence-corrected chi connectivity index (χ4v) is 8.55. The molecule has 0 aliphatic heterocycles. The summed E-state index contributed by atoms with van der Waals surface area (Å²) < 4.78 is 5.87. The summed E-state index contributed by atoms with van der Waals surface area (Å²) >= 11 is 1.45. The maximum atomic E-state index is 11.8. The number of esters is 1. The molecule has 3 aliphatic rings. The van der Waals surface area contributed by atoms with E-state index in [1.807, 2.05) is 12.1 Å². The Morgan fingerprint density at radius 3 is 2.58 bits per heavy atom. The lowest BCUT2D eigenvalue weighted by Gasteiger charge is -2.53. The van der Waals surface area contributed by atoms with Crippen LogP contribution in [0.1, 0.15) is 108 Å². The van der Waals surface area contributed by atoms with Crippen LogP contribution < -0.4 is 5.73 Å². The maximum Gasteiger partial charge on any atom is 0.302 e. The Labute approximate surface area is 221 Å². The molecule has 4 rings (SSSR count). The van der Waals surface area contributed by atoms with Gasteiger partial charge in [-0.05, 0) is 91.9 Å². The Hall–Kier alpha value is -1.69. The smallest absolute Gasteiger partial charge is 0.302 e. The van der Waals surface area contributed by atoms with Crippen molar-refractivity contribution in [2.24, 2.45) is 28.9 Å². The summed E-state index contributed by atoms with van der Waals surface area (Å²) in [5.74, 6) is 3.71. The van der Waals surface area contributed by atoms with Gasteiger partial charge in [0, 0.05) is 18.1 Å². The van der Waals surface area contributed by atoms with Crippen LogP contribution in [-0.4, -0.2) is 28.1 Å². The monoisotopic (exact) mass is 514 g/mol. The second-order valence-corrected chi connectivity index (χ2v) is 13.0. The highest BCUT2D eigenvalue weighted by Crippen LogP contribution is 2.63. The van der Waals surface area contributed by atoms with Gasteiger partial charge in [0.1, 0.15) is 11.9 Å². The first-order valence-corrected chi connectivity index (χ1v) is 15.2. The van der Waals surface area contributed by atoms with Crippen LogP contribution in [0.25, 0.3) is 0 Å². The van der Waals surface area contributed by atoms with E-state index in [0.29, 0.717) is 29.4 Å². The van der Waals surface area contributed by atoms with Crippen molar-refractivity contribution in [2.75, 3.05) is 5.75 Å². The van der Waals surface area contributed by atoms with Crippen molar-refractivity contribution in [3.8, 4) is 5.75 Å². The fraction of sp³-hybridized carbons (Fsp3) is 0.733. The number of phenolic OH excluding ortho intramolecular Hbond substituents is 1. The van der Waals surface area contributed by atoms with E-state index >= 15 is 0 Å². The van der Waals surface area contributed by atoms with Crippen molar-refractivity contribution >= 4 is 22.9 Å². The first-order chi connectivity index (χ1) is 17.3. The number of unbranched alkanes of at least 4 members (excludes halogenated alkanes) is 6. The van der Waals surface area contributed by atoms with Gasteiger partial charge in [-0.25, -0.2) is 0 Å². The molecule has 0 spiro atoms. The molecule has 0 amide bonds. The number of amidine groups is 1. The van der Waals surface area contributed by atoms with Crippen LogP contribution in [0, 0.1) is 28.6 Å². The molecule has 6 atom stereocenters. The van der Waals surface area contributed by atoms with Crippen molar-refractivity contribution < 1.29 is 14.6 Å². The van der Waals surface area contributed by atoms with Crippen LogP contribution in [0.3, 0.4) is 0 Å². The standard InChI is InChI=1S/C30H46N2O3S/c1-20(33)35-27-14-13-26-28-21(10-8-6-4-3-5-7-9-17-36-29(31)32)18-22-19-23(34)11-12-24(22)25(28)15-16-30(26,27)2/h11-12,19,21,25-28,34H,3-10,13-18H2,1-2H3,(H3,31,32)/t21-,25?,26?,27+,28?,30+/m1/s1. The molecule has 2 saturated carbocycles. The van der Waals surface area contributed by atoms with Crippen LogP contribution in [0.5, 0.6) is 5.75 Å². The van der Waals surface area contributed by atoms with Gasteiger partial charge >= 0.3 is 5.97 Å². The maximum absolute atomic E-state index is 11.8. The van der Waals surface area contributed by atoms with Crippen molar-refractivity contribution in [3.05, 3.63) is 29.3 Å². The molecule has 2 fully saturated rings. The third kappa shape index (κ3) is 6.23. The van der Waals surface area contributed by atoms with E-state index in [4.69, 9.17) is 15.9 Å². The first-order valence-electron chi connectivity index (χ1n) is 14.3. The number of hydrogen-bond donors (Lipinski definition) is 3. The molecular weight excluding hydrogens is 468 g/mol. The molecule has 3 aliphatic carbocycles. The number of rotatable bonds is 11. The van der Waals surface area contributed by atoms with Gasteiger partial charge in [-0.15, -0.1) is 0 Å². The quantitative estimate of drug-likeness (QED) is 0.126. The van der Waals surface area contributed by atoms with E-state index in [9.17, 15) is 9.90 Å². The van der Waals surface area contributed by atoms with Gasteiger partial charge < -0.3 is 15.6 Å². The minimum atomic E-state index is -0.136. The van der Waals surface area contributed by atoms with Crippen molar-refractivity contribution in [1.29, 1.82) is 5.41 Å². The molecule has 1 aromatic carbocycles. The van der Waals surface area contributed by atoms with Crippen LogP contribution >= 0.6 is 11.8 Å². The summed E-state index contributed by atoms with van der Waals surface area (Å²) in [6.45, 7) is 3.95. The first kappa shape index (κ1) is 27.3. The normalized spacial score (nSPS) is 30.8. The van der Waals surface area contributed by atoms with Gasteiger partial charge in [-0.3, -0.25) is 10.2 Å². The van der Waals surface area contributed by atoms with Gasteiger partial charge in [0.05, 0.1) is 0 Å². The van der Waals surface area contributed by atoms with E-state index < -0.39 is 0 Å². The molecule has 1 aromatic rings. The number of nitrogens with two attached hydrogens (primary N) is 1. The van der Waals surface area contributed by atoms with E-state index in [0.717, 1.165) is 37.9 Å². The molecule has 6 heteroatoms. The summed E-state index contributed by atoms with van der Waals surface area (Å²) in [6.07, 6.45) is 15.7. The zero-order valence-corrected chi connectivity index (χ0v) is 23.1. The second-order valence-electron chi connectivity index (χ2n) is 11.8. The van der Waals surface area contributed by atoms with E-state index in [1.54, 1.807) is 6.92 Å². The van der Waals surface area contributed by atoms with E-state index in [2.05, 4.69) is 13.0 Å². The predicted molar refractivity (Wildman–Crippen MR) is 148 cm³/mol. The van der Waals surface area contributed by atoms with Crippen molar-refractivity contribution in [2.45, 2.75) is 109 Å². The number of carbonyl (C=O) groups is 1. The Morgan fingerprint density at radius 2 is 1.86 bits per heavy atom. The third-order valence-corrected chi connectivity index (χ3v) is 10.4. The highest BCUT2D eigenvalue weighted by molar-refractivity contribution is 8.13. The molecule has 0 saturated heterocycles. The fourth-order valence-electron chi connectivity index (χ4n) is 7.98. The molecule has 200 valence electrons. The number of phenols is 1. The number of carbonyl (C=O) groups excluding carboxylic acids is 1. The van der Waals surface area contributed by atoms with Gasteiger partial charge in [-0.2, -0.15) is 0 Å². The topological polar surface area (TPSA) is 96.4 Å². The second kappa shape index (κ2) is 12.2. The number of hydrogen-bond acceptors (Lipinski definition) is 5. The highest BCUT2D eigenvalue weighted by Gasteiger charge is 2.57. The van der Waals surface area contributed by atoms with Crippen LogP contribution in [-0.2, 0) is 16.0 Å². The number of fused-ring (bicyclic) bond motifs is 5. The zero-order chi connectivity index (χ0) is 25.7. The van der Waals surface area contributed by atoms with E-state index in [1.165, 1.54) is 74.3 Å². The molecule has 36 heavy (non-hydrogen) atoms. The summed E-state index contributed by atoms with van der Waals surface area (Å²) in [5, 5.41) is 17.7. The van der Waals surface area contributed by atoms with Crippen LogP contribution in [0.4, 0.5) is 0 Å². The highest BCUT2D eigenvalue weighted by atomic mass is 32.2. The largest absolute Gasteiger partial charge is 0.508 e. The molecule has 0 bridgehead atoms. The van der Waals surface area contributed by atoms with Crippen LogP contribution in [0.15, 0.2) is 18.2 Å². The average Bonchev–Trinajstić information content (AvgIpc) is 3.15. The molecule has 0 radical (unpaired) electrons. The molecule has 0 heterocycles. The third-order valence-electron chi connectivity index (χ3n) is 9.58. The summed E-state index contributed by atoms with van der Waals surface area (Å²) in [5.41, 5.74) is 8.33. The number of aromatic hydroxyl groups is 1. The summed E-state index contributed by atoms with van der Waals surface area (Å²) in [6, 6.07) is 6.08. The summed E-state index contributed by atoms with van der Waals surface area (Å²) in [7, 11) is 0. The van der Waals surface area contributed by atoms with Crippen molar-refractivity contribution in [3.63, 3.8) is 0 Å². The number of thioether (sulfide) groups is 1. The summed E-state index contributed by atoms with van der Waals surface area (Å²) in [4.78, 5) is 11.8. The Balaban J connectivity index is 1.35. The average molecular weight is 515 g/mol. The molecule has 3 unspecified atom stereocenters. The van der Waals surface area contributed by atoms with Gasteiger partial charge in [0.25, 0.3) is 0 Å². The molecule has 4 N–H and O–H groups in total. The Morgan fingerprint density at radius 1 is 1.14 bits per heavy atom. The lowest BCUT2D eigenvalue weighted by Crippen LogP contribution is -2.48. The van der Waals surface area contributed by atoms with Crippen LogP contribution in [0.2, 0.25) is 0 Å². The predicted octanol–water partition coefficient (Wildman–Crippen LogP) is 7.15. The number of nitrogens with one attached hydrogen (secondary N) is 1. The van der Waals surface area contributed by atoms with Gasteiger partial charge in [0.2, 0.25) is 0 Å². The lowest BCUT2D eigenvalue weighted by molar-refractivity contribution is -0.155. The Kier molecular flexibility index (Phi) is 9.29. The Bertz CT molecular complexity index is 921. The van der Waals surface area contributed by atoms with Gasteiger partial charge in [0.15, 0.2) is 5.17 Å². The molecule has 0 aromatic heterocycles. The minimum absolute atomic E-state index is 0.0664. The number of ether oxygens (including phenoxy) is 1. The van der Waals surface area contributed by atoms with E-state index in [-0.39, 0.29) is 22.7 Å². The minimum Gasteiger partial charge on any atom is -0.508 e. The number of benzene rings is 1. The van der Waals surface area contributed by atoms with Crippen molar-refractivity contribution in [1.82, 2.24) is 0 Å². The zero-order valence-electron chi connectivity index (χ0n) is 22.3. The lowest BCUT2D eigenvalue weighted by atomic mass is 9.52.